The largest absolute Gasteiger partial charge is 0.507 e. The Morgan fingerprint density at radius 1 is 0.963 bits per heavy atom. The van der Waals surface area contributed by atoms with E-state index in [-0.39, 0.29) is 21.6 Å². The molecule has 0 radical (unpaired) electrons. The molecule has 1 atom stereocenters. The van der Waals surface area contributed by atoms with Crippen molar-refractivity contribution in [1.29, 1.82) is 0 Å². The van der Waals surface area contributed by atoms with Crippen molar-refractivity contribution in [3.05, 3.63) is 63.6 Å². The van der Waals surface area contributed by atoms with E-state index < -0.39 is 39.1 Å². The average molecular weight is 452 g/mol. The Bertz CT molecular complexity index is 1090. The van der Waals surface area contributed by atoms with Gasteiger partial charge in [0.2, 0.25) is 10.0 Å². The summed E-state index contributed by atoms with van der Waals surface area (Å²) in [5.74, 6) is -2.32. The van der Waals surface area contributed by atoms with Crippen LogP contribution in [0.3, 0.4) is 0 Å². The number of Topliss-reactive ketones (excluding diaryl/α,β-unsaturated/α-hetero) is 1. The zero-order valence-electron chi connectivity index (χ0n) is 13.9. The van der Waals surface area contributed by atoms with Crippen LogP contribution in [0.15, 0.2) is 57.4 Å². The van der Waals surface area contributed by atoms with Crippen LogP contribution in [0.4, 0.5) is 0 Å². The van der Waals surface area contributed by atoms with Gasteiger partial charge in [-0.2, -0.15) is 0 Å². The highest BCUT2D eigenvalue weighted by Gasteiger charge is 2.34. The molecule has 3 N–H and O–H groups in total. The van der Waals surface area contributed by atoms with Gasteiger partial charge in [0.15, 0.2) is 11.6 Å². The molecule has 0 bridgehead atoms. The third-order valence-corrected chi connectivity index (χ3v) is 6.19. The molecule has 0 saturated heterocycles. The van der Waals surface area contributed by atoms with Crippen LogP contribution >= 0.6 is 15.9 Å². The summed E-state index contributed by atoms with van der Waals surface area (Å²) in [4.78, 5) is 25.0. The maximum Gasteiger partial charge on any atom is 0.241 e. The van der Waals surface area contributed by atoms with Gasteiger partial charge in [-0.05, 0) is 49.4 Å². The number of rotatable bonds is 4. The monoisotopic (exact) mass is 451 g/mol. The van der Waals surface area contributed by atoms with Gasteiger partial charge in [-0.25, -0.2) is 13.1 Å². The summed E-state index contributed by atoms with van der Waals surface area (Å²) in [5.41, 5.74) is -0.770. The number of sulfonamides is 1. The number of nitrogens with one attached hydrogen (secondary N) is 1. The first-order valence-corrected chi connectivity index (χ1v) is 10.0. The van der Waals surface area contributed by atoms with Crippen molar-refractivity contribution in [1.82, 2.24) is 4.72 Å². The fourth-order valence-electron chi connectivity index (χ4n) is 2.78. The van der Waals surface area contributed by atoms with Gasteiger partial charge in [0.1, 0.15) is 11.5 Å². The van der Waals surface area contributed by atoms with Gasteiger partial charge in [0, 0.05) is 16.1 Å². The molecule has 0 saturated carbocycles. The SMILES string of the molecule is CC(NS(=O)(=O)c1ccc(Br)cc1)C1=CC(=O)c2c(O)ccc(O)c2C1=O. The van der Waals surface area contributed by atoms with Crippen LogP contribution in [0.1, 0.15) is 27.6 Å². The van der Waals surface area contributed by atoms with Crippen LogP contribution in [-0.4, -0.2) is 36.2 Å². The van der Waals surface area contributed by atoms with Crippen LogP contribution in [0, 0.1) is 0 Å². The van der Waals surface area contributed by atoms with E-state index >= 15 is 0 Å². The topological polar surface area (TPSA) is 121 Å². The Hall–Kier alpha value is -2.49. The molecule has 27 heavy (non-hydrogen) atoms. The van der Waals surface area contributed by atoms with E-state index in [2.05, 4.69) is 20.7 Å². The molecule has 0 spiro atoms. The number of carbonyl (C=O) groups excluding carboxylic acids is 2. The molecule has 7 nitrogen and oxygen atoms in total. The lowest BCUT2D eigenvalue weighted by atomic mass is 9.86. The average Bonchev–Trinajstić information content (AvgIpc) is 2.60. The predicted octanol–water partition coefficient (Wildman–Crippen LogP) is 2.53. The quantitative estimate of drug-likeness (QED) is 0.614. The predicted molar refractivity (Wildman–Crippen MR) is 100 cm³/mol. The van der Waals surface area contributed by atoms with E-state index in [1.807, 2.05) is 0 Å². The number of hydrogen-bond donors (Lipinski definition) is 3. The van der Waals surface area contributed by atoms with Crippen molar-refractivity contribution >= 4 is 37.5 Å². The second kappa shape index (κ2) is 6.91. The van der Waals surface area contributed by atoms with Gasteiger partial charge < -0.3 is 10.2 Å². The number of carbonyl (C=O) groups is 2. The highest BCUT2D eigenvalue weighted by molar-refractivity contribution is 9.10. The molecule has 2 aromatic carbocycles. The Labute approximate surface area is 163 Å². The van der Waals surface area contributed by atoms with E-state index in [4.69, 9.17) is 0 Å². The Balaban J connectivity index is 1.95. The highest BCUT2D eigenvalue weighted by Crippen LogP contribution is 2.35. The molecular weight excluding hydrogens is 438 g/mol. The molecule has 0 amide bonds. The Kier molecular flexibility index (Phi) is 4.94. The van der Waals surface area contributed by atoms with Crippen molar-refractivity contribution in [3.8, 4) is 11.5 Å². The maximum absolute atomic E-state index is 12.7. The van der Waals surface area contributed by atoms with Gasteiger partial charge >= 0.3 is 0 Å². The van der Waals surface area contributed by atoms with Crippen molar-refractivity contribution in [2.75, 3.05) is 0 Å². The van der Waals surface area contributed by atoms with Gasteiger partial charge in [-0.3, -0.25) is 9.59 Å². The van der Waals surface area contributed by atoms with Crippen LogP contribution in [-0.2, 0) is 10.0 Å². The number of phenols is 2. The number of benzene rings is 2. The number of aromatic hydroxyl groups is 2. The van der Waals surface area contributed by atoms with Crippen LogP contribution < -0.4 is 4.72 Å². The van der Waals surface area contributed by atoms with E-state index in [1.165, 1.54) is 19.1 Å². The third kappa shape index (κ3) is 3.53. The third-order valence-electron chi connectivity index (χ3n) is 4.11. The molecule has 0 aliphatic heterocycles. The summed E-state index contributed by atoms with van der Waals surface area (Å²) in [6.45, 7) is 1.41. The van der Waals surface area contributed by atoms with Crippen molar-refractivity contribution in [3.63, 3.8) is 0 Å². The summed E-state index contributed by atoms with van der Waals surface area (Å²) in [7, 11) is -3.95. The summed E-state index contributed by atoms with van der Waals surface area (Å²) >= 11 is 3.22. The van der Waals surface area contributed by atoms with E-state index in [0.717, 1.165) is 18.2 Å². The number of halogens is 1. The van der Waals surface area contributed by atoms with Crippen LogP contribution in [0.2, 0.25) is 0 Å². The standard InChI is InChI=1S/C18H14BrNO6S/c1-9(20-27(25,26)11-4-2-10(19)3-5-11)12-8-15(23)16-13(21)6-7-14(22)17(16)18(12)24/h2-9,20-22H,1H3. The van der Waals surface area contributed by atoms with Gasteiger partial charge in [0.05, 0.1) is 16.0 Å². The second-order valence-corrected chi connectivity index (χ2v) is 8.57. The number of hydrogen-bond acceptors (Lipinski definition) is 6. The Morgan fingerprint density at radius 3 is 2.11 bits per heavy atom. The van der Waals surface area contributed by atoms with Crippen LogP contribution in [0.25, 0.3) is 0 Å². The Morgan fingerprint density at radius 2 is 1.52 bits per heavy atom. The molecule has 1 aliphatic rings. The summed E-state index contributed by atoms with van der Waals surface area (Å²) in [6.07, 6.45) is 0.971. The van der Waals surface area contributed by atoms with E-state index in [0.29, 0.717) is 4.47 Å². The first-order valence-electron chi connectivity index (χ1n) is 7.75. The van der Waals surface area contributed by atoms with Gasteiger partial charge in [0.25, 0.3) is 0 Å². The molecule has 1 aliphatic carbocycles. The first kappa shape index (κ1) is 19.3. The minimum atomic E-state index is -3.95. The van der Waals surface area contributed by atoms with Crippen molar-refractivity contribution < 1.29 is 28.2 Å². The summed E-state index contributed by atoms with van der Waals surface area (Å²) in [5, 5.41) is 19.8. The minimum Gasteiger partial charge on any atom is -0.507 e. The molecule has 140 valence electrons. The van der Waals surface area contributed by atoms with E-state index in [9.17, 15) is 28.2 Å². The smallest absolute Gasteiger partial charge is 0.241 e. The molecule has 1 unspecified atom stereocenters. The highest BCUT2D eigenvalue weighted by atomic mass is 79.9. The van der Waals surface area contributed by atoms with E-state index in [1.54, 1.807) is 12.1 Å². The number of phenolic OH excluding ortho intramolecular Hbond substituents is 2. The fraction of sp³-hybridized carbons (Fsp3) is 0.111. The van der Waals surface area contributed by atoms with Gasteiger partial charge in [-0.15, -0.1) is 0 Å². The molecule has 9 heteroatoms. The fourth-order valence-corrected chi connectivity index (χ4v) is 4.27. The van der Waals surface area contributed by atoms with Gasteiger partial charge in [-0.1, -0.05) is 15.9 Å². The lowest BCUT2D eigenvalue weighted by Gasteiger charge is -2.22. The maximum atomic E-state index is 12.7. The van der Waals surface area contributed by atoms with Crippen LogP contribution in [0.5, 0.6) is 11.5 Å². The number of fused-ring (bicyclic) bond motifs is 1. The molecular formula is C18H14BrNO6S. The minimum absolute atomic E-state index is 0.00590. The lowest BCUT2D eigenvalue weighted by molar-refractivity contribution is 0.0974. The molecule has 3 rings (SSSR count). The molecule has 0 aromatic heterocycles. The number of ketones is 2. The normalized spacial score (nSPS) is 15.3. The molecule has 0 fully saturated rings. The summed E-state index contributed by atoms with van der Waals surface area (Å²) in [6, 6.07) is 7.07. The second-order valence-electron chi connectivity index (χ2n) is 5.94. The zero-order chi connectivity index (χ0) is 19.9. The van der Waals surface area contributed by atoms with Crippen molar-refractivity contribution in [2.45, 2.75) is 17.9 Å². The lowest BCUT2D eigenvalue weighted by Crippen LogP contribution is -2.37. The molecule has 2 aromatic rings. The summed E-state index contributed by atoms with van der Waals surface area (Å²) < 4.78 is 28.1. The number of allylic oxidation sites excluding steroid dienone is 1. The first-order chi connectivity index (χ1) is 12.6. The molecule has 0 heterocycles. The zero-order valence-corrected chi connectivity index (χ0v) is 16.3. The van der Waals surface area contributed by atoms with Crippen molar-refractivity contribution in [2.24, 2.45) is 0 Å².